The van der Waals surface area contributed by atoms with Crippen LogP contribution in [0.15, 0.2) is 24.3 Å². The lowest BCUT2D eigenvalue weighted by Crippen LogP contribution is -2.31. The van der Waals surface area contributed by atoms with Crippen molar-refractivity contribution in [1.29, 1.82) is 0 Å². The second-order valence-electron chi connectivity index (χ2n) is 6.41. The molecule has 23 heavy (non-hydrogen) atoms. The molecule has 5 nitrogen and oxygen atoms in total. The first kappa shape index (κ1) is 17.6. The zero-order chi connectivity index (χ0) is 16.5. The largest absolute Gasteiger partial charge is 0.381 e. The van der Waals surface area contributed by atoms with Gasteiger partial charge in [0.15, 0.2) is 0 Å². The molecular weight excluding hydrogens is 290 g/mol. The fourth-order valence-corrected chi connectivity index (χ4v) is 2.67. The van der Waals surface area contributed by atoms with Crippen molar-refractivity contribution < 1.29 is 9.53 Å². The van der Waals surface area contributed by atoms with E-state index >= 15 is 0 Å². The maximum Gasteiger partial charge on any atom is 0.319 e. The summed E-state index contributed by atoms with van der Waals surface area (Å²) in [7, 11) is 0. The van der Waals surface area contributed by atoms with Crippen LogP contribution in [-0.2, 0) is 4.74 Å². The molecule has 2 N–H and O–H groups in total. The quantitative estimate of drug-likeness (QED) is 0.721. The van der Waals surface area contributed by atoms with Crippen molar-refractivity contribution in [3.8, 4) is 0 Å². The van der Waals surface area contributed by atoms with E-state index in [9.17, 15) is 4.79 Å². The van der Waals surface area contributed by atoms with E-state index in [0.717, 1.165) is 37.5 Å². The average Bonchev–Trinajstić information content (AvgIpc) is 3.05. The van der Waals surface area contributed by atoms with Gasteiger partial charge >= 0.3 is 6.03 Å². The summed E-state index contributed by atoms with van der Waals surface area (Å²) in [6.07, 6.45) is 3.27. The van der Waals surface area contributed by atoms with Gasteiger partial charge in [-0.15, -0.1) is 0 Å². The molecule has 2 amide bonds. The van der Waals surface area contributed by atoms with E-state index in [1.165, 1.54) is 12.8 Å². The second-order valence-corrected chi connectivity index (χ2v) is 6.41. The van der Waals surface area contributed by atoms with Crippen LogP contribution in [0.3, 0.4) is 0 Å². The number of urea groups is 1. The molecule has 0 aromatic heterocycles. The first-order chi connectivity index (χ1) is 11.2. The number of para-hydroxylation sites is 2. The second kappa shape index (κ2) is 9.40. The van der Waals surface area contributed by atoms with Crippen LogP contribution < -0.4 is 15.5 Å². The van der Waals surface area contributed by atoms with Crippen molar-refractivity contribution >= 4 is 17.4 Å². The zero-order valence-corrected chi connectivity index (χ0v) is 14.3. The smallest absolute Gasteiger partial charge is 0.319 e. The van der Waals surface area contributed by atoms with E-state index in [4.69, 9.17) is 4.74 Å². The van der Waals surface area contributed by atoms with Crippen molar-refractivity contribution in [3.63, 3.8) is 0 Å². The van der Waals surface area contributed by atoms with E-state index in [1.54, 1.807) is 0 Å². The summed E-state index contributed by atoms with van der Waals surface area (Å²) >= 11 is 0. The molecular formula is C18H29N3O2. The molecule has 1 aromatic carbocycles. The van der Waals surface area contributed by atoms with Crippen LogP contribution in [0.1, 0.15) is 33.1 Å². The van der Waals surface area contributed by atoms with Crippen LogP contribution in [0.5, 0.6) is 0 Å². The predicted molar refractivity (Wildman–Crippen MR) is 95.2 cm³/mol. The normalized spacial score (nSPS) is 14.3. The summed E-state index contributed by atoms with van der Waals surface area (Å²) < 4.78 is 5.50. The predicted octanol–water partition coefficient (Wildman–Crippen LogP) is 3.47. The summed E-state index contributed by atoms with van der Waals surface area (Å²) in [5, 5.41) is 5.85. The van der Waals surface area contributed by atoms with E-state index in [0.29, 0.717) is 19.1 Å². The first-order valence-electron chi connectivity index (χ1n) is 8.63. The molecule has 1 saturated heterocycles. The number of anilines is 2. The highest BCUT2D eigenvalue weighted by Gasteiger charge is 2.16. The van der Waals surface area contributed by atoms with Crippen molar-refractivity contribution in [1.82, 2.24) is 5.32 Å². The number of amides is 2. The molecule has 0 atom stereocenters. The van der Waals surface area contributed by atoms with Crippen LogP contribution in [0.2, 0.25) is 0 Å². The van der Waals surface area contributed by atoms with E-state index in [1.807, 2.05) is 18.2 Å². The molecule has 1 fully saturated rings. The van der Waals surface area contributed by atoms with Gasteiger partial charge in [0, 0.05) is 32.8 Å². The van der Waals surface area contributed by atoms with Gasteiger partial charge in [-0.3, -0.25) is 0 Å². The Kier molecular flexibility index (Phi) is 7.20. The first-order valence-corrected chi connectivity index (χ1v) is 8.63. The Morgan fingerprint density at radius 2 is 2.00 bits per heavy atom. The maximum atomic E-state index is 12.0. The Hall–Kier alpha value is -1.75. The lowest BCUT2D eigenvalue weighted by Gasteiger charge is -2.21. The van der Waals surface area contributed by atoms with Crippen LogP contribution in [0.25, 0.3) is 0 Å². The average molecular weight is 319 g/mol. The molecule has 2 rings (SSSR count). The lowest BCUT2D eigenvalue weighted by molar-refractivity contribution is 0.108. The van der Waals surface area contributed by atoms with Crippen LogP contribution in [0, 0.1) is 5.92 Å². The van der Waals surface area contributed by atoms with Crippen LogP contribution in [-0.4, -0.2) is 38.9 Å². The number of carbonyl (C=O) groups excluding carboxylic acids is 1. The standard InChI is InChI=1S/C18H29N3O2/c1-15(2)14-23-13-7-10-19-18(22)20-16-8-3-4-9-17(16)21-11-5-6-12-21/h3-4,8-9,15H,5-7,10-14H2,1-2H3,(H2,19,20,22). The number of hydrogen-bond donors (Lipinski definition) is 2. The molecule has 0 radical (unpaired) electrons. The minimum atomic E-state index is -0.152. The van der Waals surface area contributed by atoms with Gasteiger partial charge in [0.25, 0.3) is 0 Å². The van der Waals surface area contributed by atoms with E-state index < -0.39 is 0 Å². The Morgan fingerprint density at radius 1 is 1.26 bits per heavy atom. The molecule has 1 heterocycles. The third kappa shape index (κ3) is 6.10. The van der Waals surface area contributed by atoms with E-state index in [-0.39, 0.29) is 6.03 Å². The highest BCUT2D eigenvalue weighted by Crippen LogP contribution is 2.28. The lowest BCUT2D eigenvalue weighted by atomic mass is 10.2. The van der Waals surface area contributed by atoms with Crippen molar-refractivity contribution in [2.75, 3.05) is 43.1 Å². The Bertz CT molecular complexity index is 485. The van der Waals surface area contributed by atoms with Gasteiger partial charge in [0.2, 0.25) is 0 Å². The minimum absolute atomic E-state index is 0.152. The summed E-state index contributed by atoms with van der Waals surface area (Å²) in [5.74, 6) is 0.549. The van der Waals surface area contributed by atoms with Crippen molar-refractivity contribution in [3.05, 3.63) is 24.3 Å². The van der Waals surface area contributed by atoms with Crippen LogP contribution >= 0.6 is 0 Å². The maximum absolute atomic E-state index is 12.0. The van der Waals surface area contributed by atoms with Crippen LogP contribution in [0.4, 0.5) is 16.2 Å². The third-order valence-corrected chi connectivity index (χ3v) is 3.80. The van der Waals surface area contributed by atoms with Gasteiger partial charge in [-0.2, -0.15) is 0 Å². The Labute approximate surface area is 139 Å². The monoisotopic (exact) mass is 319 g/mol. The summed E-state index contributed by atoms with van der Waals surface area (Å²) in [4.78, 5) is 14.4. The van der Waals surface area contributed by atoms with Gasteiger partial charge in [0.05, 0.1) is 11.4 Å². The molecule has 1 aliphatic rings. The SMILES string of the molecule is CC(C)COCCCNC(=O)Nc1ccccc1N1CCCC1. The number of benzene rings is 1. The highest BCUT2D eigenvalue weighted by atomic mass is 16.5. The summed E-state index contributed by atoms with van der Waals surface area (Å²) in [6.45, 7) is 8.46. The number of nitrogens with zero attached hydrogens (tertiary/aromatic N) is 1. The molecule has 0 aliphatic carbocycles. The molecule has 128 valence electrons. The van der Waals surface area contributed by atoms with Gasteiger partial charge in [0.1, 0.15) is 0 Å². The van der Waals surface area contributed by atoms with Gasteiger partial charge < -0.3 is 20.3 Å². The molecule has 0 bridgehead atoms. The van der Waals surface area contributed by atoms with Gasteiger partial charge in [-0.25, -0.2) is 4.79 Å². The Morgan fingerprint density at radius 3 is 2.74 bits per heavy atom. The molecule has 1 aliphatic heterocycles. The van der Waals surface area contributed by atoms with E-state index in [2.05, 4.69) is 35.4 Å². The number of ether oxygens (including phenoxy) is 1. The van der Waals surface area contributed by atoms with Gasteiger partial charge in [-0.1, -0.05) is 26.0 Å². The molecule has 0 spiro atoms. The highest BCUT2D eigenvalue weighted by molar-refractivity contribution is 5.93. The minimum Gasteiger partial charge on any atom is -0.381 e. The number of rotatable bonds is 8. The Balaban J connectivity index is 1.73. The molecule has 0 saturated carbocycles. The van der Waals surface area contributed by atoms with Crippen molar-refractivity contribution in [2.45, 2.75) is 33.1 Å². The summed E-state index contributed by atoms with van der Waals surface area (Å²) in [6, 6.07) is 7.85. The zero-order valence-electron chi connectivity index (χ0n) is 14.3. The van der Waals surface area contributed by atoms with Crippen molar-refractivity contribution in [2.24, 2.45) is 5.92 Å². The third-order valence-electron chi connectivity index (χ3n) is 3.80. The fourth-order valence-electron chi connectivity index (χ4n) is 2.67. The number of nitrogens with one attached hydrogen (secondary N) is 2. The topological polar surface area (TPSA) is 53.6 Å². The molecule has 0 unspecified atom stereocenters. The number of hydrogen-bond acceptors (Lipinski definition) is 3. The fraction of sp³-hybridized carbons (Fsp3) is 0.611. The van der Waals surface area contributed by atoms with Gasteiger partial charge in [-0.05, 0) is 37.3 Å². The molecule has 5 heteroatoms. The summed E-state index contributed by atoms with van der Waals surface area (Å²) in [5.41, 5.74) is 1.99. The number of carbonyl (C=O) groups is 1. The molecule has 1 aromatic rings.